The van der Waals surface area contributed by atoms with Crippen molar-refractivity contribution in [3.8, 4) is 0 Å². The summed E-state index contributed by atoms with van der Waals surface area (Å²) in [5.41, 5.74) is 0.840. The second kappa shape index (κ2) is 6.68. The maximum Gasteiger partial charge on any atom is 0.251 e. The highest BCUT2D eigenvalue weighted by molar-refractivity contribution is 6.30. The van der Waals surface area contributed by atoms with E-state index in [1.54, 1.807) is 12.1 Å². The van der Waals surface area contributed by atoms with Gasteiger partial charge in [-0.1, -0.05) is 30.7 Å². The Morgan fingerprint density at radius 2 is 1.71 bits per heavy atom. The van der Waals surface area contributed by atoms with Crippen LogP contribution in [-0.2, 0) is 0 Å². The summed E-state index contributed by atoms with van der Waals surface area (Å²) in [7, 11) is 0. The number of nitrogens with one attached hydrogen (secondary N) is 1. The van der Waals surface area contributed by atoms with Crippen LogP contribution in [0.5, 0.6) is 0 Å². The summed E-state index contributed by atoms with van der Waals surface area (Å²) < 4.78 is 26.3. The van der Waals surface area contributed by atoms with Crippen LogP contribution in [0.1, 0.15) is 35.3 Å². The maximum atomic E-state index is 13.1. The molecule has 110 valence electrons. The molecule has 2 aromatic rings. The van der Waals surface area contributed by atoms with Crippen molar-refractivity contribution in [1.82, 2.24) is 5.32 Å². The lowest BCUT2D eigenvalue weighted by molar-refractivity contribution is 0.0934. The molecular weight excluding hydrogens is 296 g/mol. The molecule has 0 bridgehead atoms. The Bertz CT molecular complexity index is 623. The van der Waals surface area contributed by atoms with Crippen LogP contribution in [-0.4, -0.2) is 5.91 Å². The molecule has 1 unspecified atom stereocenters. The molecule has 2 nitrogen and oxygen atoms in total. The van der Waals surface area contributed by atoms with Gasteiger partial charge in [0.05, 0.1) is 6.04 Å². The molecule has 0 aliphatic carbocycles. The molecule has 0 aliphatic rings. The molecule has 0 spiro atoms. The van der Waals surface area contributed by atoms with E-state index >= 15 is 0 Å². The fourth-order valence-corrected chi connectivity index (χ4v) is 2.17. The lowest BCUT2D eigenvalue weighted by atomic mass is 10.0. The Balaban J connectivity index is 2.18. The first-order valence-electron chi connectivity index (χ1n) is 6.52. The molecule has 0 fully saturated rings. The average molecular weight is 310 g/mol. The largest absolute Gasteiger partial charge is 0.345 e. The number of rotatable bonds is 4. The van der Waals surface area contributed by atoms with Gasteiger partial charge in [-0.15, -0.1) is 0 Å². The van der Waals surface area contributed by atoms with Crippen molar-refractivity contribution in [3.63, 3.8) is 0 Å². The molecule has 0 saturated carbocycles. The zero-order valence-corrected chi connectivity index (χ0v) is 12.1. The third-order valence-corrected chi connectivity index (χ3v) is 3.36. The molecule has 0 aromatic heterocycles. The van der Waals surface area contributed by atoms with Gasteiger partial charge in [-0.05, 0) is 36.2 Å². The molecule has 0 saturated heterocycles. The van der Waals surface area contributed by atoms with Crippen LogP contribution in [0, 0.1) is 11.6 Å². The molecule has 21 heavy (non-hydrogen) atoms. The van der Waals surface area contributed by atoms with E-state index in [1.165, 1.54) is 0 Å². The number of amides is 1. The molecule has 2 aromatic carbocycles. The van der Waals surface area contributed by atoms with Crippen LogP contribution in [0.25, 0.3) is 0 Å². The summed E-state index contributed by atoms with van der Waals surface area (Å²) in [4.78, 5) is 12.1. The van der Waals surface area contributed by atoms with E-state index in [9.17, 15) is 13.6 Å². The highest BCUT2D eigenvalue weighted by Crippen LogP contribution is 2.20. The third kappa shape index (κ3) is 4.02. The molecule has 1 N–H and O–H groups in total. The summed E-state index contributed by atoms with van der Waals surface area (Å²) >= 11 is 5.83. The predicted molar refractivity (Wildman–Crippen MR) is 78.3 cm³/mol. The Morgan fingerprint density at radius 1 is 1.14 bits per heavy atom. The van der Waals surface area contributed by atoms with E-state index in [0.717, 1.165) is 23.8 Å². The summed E-state index contributed by atoms with van der Waals surface area (Å²) in [6.07, 6.45) is 0.644. The fourth-order valence-electron chi connectivity index (χ4n) is 2.04. The van der Waals surface area contributed by atoms with E-state index in [0.29, 0.717) is 11.4 Å². The van der Waals surface area contributed by atoms with Crippen LogP contribution in [0.3, 0.4) is 0 Å². The van der Waals surface area contributed by atoms with E-state index < -0.39 is 17.5 Å². The van der Waals surface area contributed by atoms with Crippen molar-refractivity contribution < 1.29 is 13.6 Å². The van der Waals surface area contributed by atoms with Crippen LogP contribution in [0.4, 0.5) is 8.78 Å². The van der Waals surface area contributed by atoms with E-state index in [4.69, 9.17) is 11.6 Å². The number of carbonyl (C=O) groups excluding carboxylic acids is 1. The normalized spacial score (nSPS) is 12.0. The van der Waals surface area contributed by atoms with Crippen LogP contribution < -0.4 is 5.32 Å². The predicted octanol–water partition coefficient (Wildman–Crippen LogP) is 4.50. The van der Waals surface area contributed by atoms with Gasteiger partial charge in [0, 0.05) is 16.7 Å². The first-order valence-corrected chi connectivity index (χ1v) is 6.90. The highest BCUT2D eigenvalue weighted by atomic mass is 35.5. The van der Waals surface area contributed by atoms with Gasteiger partial charge in [0.25, 0.3) is 5.91 Å². The second-order valence-corrected chi connectivity index (χ2v) is 5.08. The zero-order valence-electron chi connectivity index (χ0n) is 11.4. The van der Waals surface area contributed by atoms with E-state index in [1.807, 2.05) is 19.1 Å². The summed E-state index contributed by atoms with van der Waals surface area (Å²) in [6, 6.07) is 9.57. The standard InChI is InChI=1S/C16H14ClF2NO/c1-2-15(10-3-5-12(17)6-4-10)20-16(21)11-7-13(18)9-14(19)8-11/h3-9,15H,2H2,1H3,(H,20,21). The fraction of sp³-hybridized carbons (Fsp3) is 0.188. The Labute approximate surface area is 126 Å². The highest BCUT2D eigenvalue weighted by Gasteiger charge is 2.15. The topological polar surface area (TPSA) is 29.1 Å². The van der Waals surface area contributed by atoms with Crippen LogP contribution >= 0.6 is 11.6 Å². The molecule has 0 aliphatic heterocycles. The van der Waals surface area contributed by atoms with Gasteiger partial charge in [-0.3, -0.25) is 4.79 Å². The third-order valence-electron chi connectivity index (χ3n) is 3.11. The summed E-state index contributed by atoms with van der Waals surface area (Å²) in [5.74, 6) is -2.07. The van der Waals surface area contributed by atoms with Crippen molar-refractivity contribution in [2.24, 2.45) is 0 Å². The van der Waals surface area contributed by atoms with Gasteiger partial charge in [0.1, 0.15) is 11.6 Å². The monoisotopic (exact) mass is 309 g/mol. The first kappa shape index (κ1) is 15.4. The van der Waals surface area contributed by atoms with Crippen LogP contribution in [0.15, 0.2) is 42.5 Å². The zero-order chi connectivity index (χ0) is 15.4. The number of halogens is 3. The maximum absolute atomic E-state index is 13.1. The number of benzene rings is 2. The van der Waals surface area contributed by atoms with Gasteiger partial charge in [0.2, 0.25) is 0 Å². The molecule has 0 heterocycles. The molecule has 2 rings (SSSR count). The minimum atomic E-state index is -0.778. The molecule has 1 atom stereocenters. The Hall–Kier alpha value is -1.94. The second-order valence-electron chi connectivity index (χ2n) is 4.64. The van der Waals surface area contributed by atoms with Gasteiger partial charge >= 0.3 is 0 Å². The first-order chi connectivity index (χ1) is 9.99. The number of hydrogen-bond donors (Lipinski definition) is 1. The minimum absolute atomic E-state index is 0.0417. The van der Waals surface area contributed by atoms with Crippen molar-refractivity contribution in [1.29, 1.82) is 0 Å². The minimum Gasteiger partial charge on any atom is -0.345 e. The molecule has 5 heteroatoms. The smallest absolute Gasteiger partial charge is 0.251 e. The van der Waals surface area contributed by atoms with Crippen molar-refractivity contribution in [2.45, 2.75) is 19.4 Å². The lowest BCUT2D eigenvalue weighted by Crippen LogP contribution is -2.28. The molecule has 1 amide bonds. The number of carbonyl (C=O) groups is 1. The Morgan fingerprint density at radius 3 is 2.24 bits per heavy atom. The van der Waals surface area contributed by atoms with Crippen LogP contribution in [0.2, 0.25) is 5.02 Å². The number of hydrogen-bond acceptors (Lipinski definition) is 1. The summed E-state index contributed by atoms with van der Waals surface area (Å²) in [6.45, 7) is 1.91. The van der Waals surface area contributed by atoms with Gasteiger partial charge in [-0.25, -0.2) is 8.78 Å². The van der Waals surface area contributed by atoms with E-state index in [2.05, 4.69) is 5.32 Å². The molecule has 0 radical (unpaired) electrons. The van der Waals surface area contributed by atoms with Gasteiger partial charge in [0.15, 0.2) is 0 Å². The average Bonchev–Trinajstić information content (AvgIpc) is 2.44. The van der Waals surface area contributed by atoms with Gasteiger partial charge < -0.3 is 5.32 Å². The van der Waals surface area contributed by atoms with Crippen molar-refractivity contribution in [2.75, 3.05) is 0 Å². The molecular formula is C16H14ClF2NO. The van der Waals surface area contributed by atoms with E-state index in [-0.39, 0.29) is 11.6 Å². The van der Waals surface area contributed by atoms with Crippen molar-refractivity contribution in [3.05, 3.63) is 70.2 Å². The summed E-state index contributed by atoms with van der Waals surface area (Å²) in [5, 5.41) is 3.36. The quantitative estimate of drug-likeness (QED) is 0.885. The van der Waals surface area contributed by atoms with Crippen molar-refractivity contribution >= 4 is 17.5 Å². The SMILES string of the molecule is CCC(NC(=O)c1cc(F)cc(F)c1)c1ccc(Cl)cc1. The lowest BCUT2D eigenvalue weighted by Gasteiger charge is -2.17. The Kier molecular flexibility index (Phi) is 4.91. The van der Waals surface area contributed by atoms with Gasteiger partial charge in [-0.2, -0.15) is 0 Å².